The largest absolute Gasteiger partial charge is 0.444 e. The lowest BCUT2D eigenvalue weighted by Crippen LogP contribution is -2.39. The Morgan fingerprint density at radius 1 is 1.50 bits per heavy atom. The van der Waals surface area contributed by atoms with Crippen LogP contribution in [0.3, 0.4) is 0 Å². The second-order valence-electron chi connectivity index (χ2n) is 5.30. The predicted octanol–water partition coefficient (Wildman–Crippen LogP) is 1.87. The van der Waals surface area contributed by atoms with Crippen LogP contribution in [0.1, 0.15) is 34.1 Å². The van der Waals surface area contributed by atoms with Gasteiger partial charge < -0.3 is 9.64 Å². The molecule has 4 nitrogen and oxygen atoms in total. The fourth-order valence-corrected chi connectivity index (χ4v) is 1.76. The summed E-state index contributed by atoms with van der Waals surface area (Å²) < 4.78 is 5.36. The molecular formula is C12H23N2O2. The number of carbonyl (C=O) groups is 1. The summed E-state index contributed by atoms with van der Waals surface area (Å²) in [5, 5.41) is 4.31. The van der Waals surface area contributed by atoms with E-state index >= 15 is 0 Å². The maximum Gasteiger partial charge on any atom is 0.410 e. The number of amides is 1. The molecule has 0 aromatic rings. The van der Waals surface area contributed by atoms with Crippen LogP contribution < -0.4 is 5.32 Å². The molecule has 0 bridgehead atoms. The van der Waals surface area contributed by atoms with Crippen LogP contribution in [0, 0.1) is 5.92 Å². The summed E-state index contributed by atoms with van der Waals surface area (Å²) in [6.45, 7) is 11.0. The minimum Gasteiger partial charge on any atom is -0.444 e. The van der Waals surface area contributed by atoms with Gasteiger partial charge in [-0.2, -0.15) is 0 Å². The van der Waals surface area contributed by atoms with Gasteiger partial charge >= 0.3 is 6.09 Å². The Bertz CT molecular complexity index is 230. The number of carbonyl (C=O) groups excluding carboxylic acids is 1. The van der Waals surface area contributed by atoms with Crippen molar-refractivity contribution in [2.45, 2.75) is 39.7 Å². The van der Waals surface area contributed by atoms with Crippen molar-refractivity contribution >= 4 is 6.09 Å². The summed E-state index contributed by atoms with van der Waals surface area (Å²) >= 11 is 0. The van der Waals surface area contributed by atoms with Crippen LogP contribution in [0.4, 0.5) is 4.79 Å². The number of hydrogen-bond donors (Lipinski definition) is 0. The highest BCUT2D eigenvalue weighted by atomic mass is 16.6. The van der Waals surface area contributed by atoms with E-state index in [-0.39, 0.29) is 6.09 Å². The Hall–Kier alpha value is -0.770. The Balaban J connectivity index is 2.43. The van der Waals surface area contributed by atoms with Crippen molar-refractivity contribution in [2.75, 3.05) is 26.2 Å². The molecule has 1 radical (unpaired) electrons. The molecule has 1 unspecified atom stereocenters. The quantitative estimate of drug-likeness (QED) is 0.738. The lowest BCUT2D eigenvalue weighted by molar-refractivity contribution is 0.0236. The molecule has 1 amide bonds. The molecule has 93 valence electrons. The van der Waals surface area contributed by atoms with Crippen LogP contribution in [0.2, 0.25) is 0 Å². The molecule has 4 heteroatoms. The maximum atomic E-state index is 11.9. The summed E-state index contributed by atoms with van der Waals surface area (Å²) in [5.41, 5.74) is -0.412. The van der Waals surface area contributed by atoms with Crippen molar-refractivity contribution in [3.05, 3.63) is 0 Å². The van der Waals surface area contributed by atoms with Crippen LogP contribution in [-0.2, 0) is 4.74 Å². The average Bonchev–Trinajstić information content (AvgIpc) is 2.63. The third-order valence-corrected chi connectivity index (χ3v) is 2.59. The fraction of sp³-hybridized carbons (Fsp3) is 0.917. The smallest absolute Gasteiger partial charge is 0.410 e. The van der Waals surface area contributed by atoms with Gasteiger partial charge in [0.15, 0.2) is 0 Å². The van der Waals surface area contributed by atoms with Gasteiger partial charge in [-0.3, -0.25) is 0 Å². The first-order valence-electron chi connectivity index (χ1n) is 6.03. The Labute approximate surface area is 98.3 Å². The zero-order valence-corrected chi connectivity index (χ0v) is 10.8. The van der Waals surface area contributed by atoms with E-state index in [2.05, 4.69) is 5.32 Å². The van der Waals surface area contributed by atoms with Gasteiger partial charge in [-0.25, -0.2) is 10.1 Å². The number of ether oxygens (including phenoxy) is 1. The molecule has 0 N–H and O–H groups in total. The minimum atomic E-state index is -0.412. The molecule has 1 atom stereocenters. The van der Waals surface area contributed by atoms with E-state index in [0.29, 0.717) is 12.5 Å². The third-order valence-electron chi connectivity index (χ3n) is 2.59. The van der Waals surface area contributed by atoms with E-state index in [0.717, 1.165) is 26.1 Å². The zero-order chi connectivity index (χ0) is 12.2. The van der Waals surface area contributed by atoms with Crippen molar-refractivity contribution in [3.63, 3.8) is 0 Å². The second-order valence-corrected chi connectivity index (χ2v) is 5.30. The fourth-order valence-electron chi connectivity index (χ4n) is 1.76. The summed E-state index contributed by atoms with van der Waals surface area (Å²) in [6, 6.07) is 0. The van der Waals surface area contributed by atoms with Gasteiger partial charge in [0, 0.05) is 26.2 Å². The molecule has 0 saturated carbocycles. The van der Waals surface area contributed by atoms with Crippen molar-refractivity contribution in [3.8, 4) is 0 Å². The van der Waals surface area contributed by atoms with Gasteiger partial charge in [-0.1, -0.05) is 0 Å². The summed E-state index contributed by atoms with van der Waals surface area (Å²) in [5.74, 6) is 0.521. The minimum absolute atomic E-state index is 0.207. The lowest BCUT2D eigenvalue weighted by Gasteiger charge is -2.28. The molecule has 1 rings (SSSR count). The molecule has 1 fully saturated rings. The molecule has 16 heavy (non-hydrogen) atoms. The van der Waals surface area contributed by atoms with Crippen molar-refractivity contribution in [1.82, 2.24) is 10.2 Å². The van der Waals surface area contributed by atoms with Crippen LogP contribution in [0.25, 0.3) is 0 Å². The van der Waals surface area contributed by atoms with Crippen molar-refractivity contribution in [1.29, 1.82) is 0 Å². The molecule has 1 aliphatic heterocycles. The molecule has 0 aromatic heterocycles. The third kappa shape index (κ3) is 4.39. The van der Waals surface area contributed by atoms with Crippen molar-refractivity contribution < 1.29 is 9.53 Å². The number of hydrogen-bond acceptors (Lipinski definition) is 2. The number of rotatable bonds is 3. The van der Waals surface area contributed by atoms with Gasteiger partial charge in [0.2, 0.25) is 0 Å². The van der Waals surface area contributed by atoms with E-state index in [9.17, 15) is 4.79 Å². The maximum absolute atomic E-state index is 11.9. The molecule has 0 spiro atoms. The van der Waals surface area contributed by atoms with E-state index < -0.39 is 5.60 Å². The van der Waals surface area contributed by atoms with E-state index in [1.165, 1.54) is 0 Å². The van der Waals surface area contributed by atoms with E-state index in [1.807, 2.05) is 27.7 Å². The lowest BCUT2D eigenvalue weighted by atomic mass is 10.1. The Morgan fingerprint density at radius 2 is 2.19 bits per heavy atom. The van der Waals surface area contributed by atoms with Gasteiger partial charge in [0.25, 0.3) is 0 Å². The molecule has 0 aliphatic carbocycles. The van der Waals surface area contributed by atoms with E-state index in [1.54, 1.807) is 4.90 Å². The van der Waals surface area contributed by atoms with Gasteiger partial charge in [0.1, 0.15) is 5.60 Å². The average molecular weight is 227 g/mol. The summed E-state index contributed by atoms with van der Waals surface area (Å²) in [4.78, 5) is 13.6. The molecule has 1 aliphatic rings. The number of nitrogens with zero attached hydrogens (tertiary/aromatic N) is 2. The van der Waals surface area contributed by atoms with Gasteiger partial charge in [-0.05, 0) is 40.0 Å². The molecule has 0 aromatic carbocycles. The van der Waals surface area contributed by atoms with Gasteiger partial charge in [-0.15, -0.1) is 0 Å². The normalized spacial score (nSPS) is 20.9. The highest BCUT2D eigenvalue weighted by Gasteiger charge is 2.25. The standard InChI is InChI=1S/C12H23N2O2/c1-5-14(9-10-6-7-13-8-10)11(15)16-12(2,3)4/h10H,5-9H2,1-4H3. The van der Waals surface area contributed by atoms with Crippen LogP contribution in [0.15, 0.2) is 0 Å². The van der Waals surface area contributed by atoms with Crippen molar-refractivity contribution in [2.24, 2.45) is 5.92 Å². The van der Waals surface area contributed by atoms with E-state index in [4.69, 9.17) is 4.74 Å². The summed E-state index contributed by atoms with van der Waals surface area (Å²) in [6.07, 6.45) is 0.890. The highest BCUT2D eigenvalue weighted by molar-refractivity contribution is 5.68. The second kappa shape index (κ2) is 5.53. The molecular weight excluding hydrogens is 204 g/mol. The summed E-state index contributed by atoms with van der Waals surface area (Å²) in [7, 11) is 0. The van der Waals surface area contributed by atoms with Crippen LogP contribution in [0.5, 0.6) is 0 Å². The zero-order valence-electron chi connectivity index (χ0n) is 10.8. The van der Waals surface area contributed by atoms with Gasteiger partial charge in [0.05, 0.1) is 0 Å². The van der Waals surface area contributed by atoms with Crippen LogP contribution >= 0.6 is 0 Å². The first kappa shape index (κ1) is 13.3. The SMILES string of the molecule is CCN(CC1CC[N]C1)C(=O)OC(C)(C)C. The monoisotopic (exact) mass is 227 g/mol. The molecule has 1 heterocycles. The Kier molecular flexibility index (Phi) is 4.59. The van der Waals surface area contributed by atoms with Crippen LogP contribution in [-0.4, -0.2) is 42.8 Å². The first-order chi connectivity index (χ1) is 7.42. The highest BCUT2D eigenvalue weighted by Crippen LogP contribution is 2.14. The first-order valence-corrected chi connectivity index (χ1v) is 6.03. The predicted molar refractivity (Wildman–Crippen MR) is 63.5 cm³/mol. The Morgan fingerprint density at radius 3 is 2.62 bits per heavy atom. The topological polar surface area (TPSA) is 43.6 Å². The molecule has 1 saturated heterocycles.